The molecule has 1 unspecified atom stereocenters. The zero-order chi connectivity index (χ0) is 11.9. The van der Waals surface area contributed by atoms with Crippen LogP contribution in [0.2, 0.25) is 0 Å². The first-order valence-corrected chi connectivity index (χ1v) is 6.29. The van der Waals surface area contributed by atoms with Gasteiger partial charge in [0.05, 0.1) is 10.2 Å². The number of benzene rings is 1. The van der Waals surface area contributed by atoms with Gasteiger partial charge in [0.25, 0.3) is 0 Å². The number of nitrogens with zero attached hydrogens (tertiary/aromatic N) is 1. The highest BCUT2D eigenvalue weighted by molar-refractivity contribution is 9.10. The van der Waals surface area contributed by atoms with E-state index >= 15 is 0 Å². The Morgan fingerprint density at radius 1 is 1.31 bits per heavy atom. The van der Waals surface area contributed by atoms with E-state index in [1.54, 1.807) is 0 Å². The van der Waals surface area contributed by atoms with Crippen LogP contribution in [0, 0.1) is 11.6 Å². The van der Waals surface area contributed by atoms with Crippen LogP contribution in [0.3, 0.4) is 0 Å². The summed E-state index contributed by atoms with van der Waals surface area (Å²) < 4.78 is 26.9. The number of anilines is 1. The molecular weight excluding hydrogens is 348 g/mol. The van der Waals surface area contributed by atoms with Crippen LogP contribution in [0.25, 0.3) is 0 Å². The molecule has 1 aliphatic heterocycles. The molecule has 0 aromatic heterocycles. The number of alkyl halides is 1. The van der Waals surface area contributed by atoms with Crippen LogP contribution in [0.5, 0.6) is 0 Å². The van der Waals surface area contributed by atoms with E-state index in [2.05, 4.69) is 31.9 Å². The summed E-state index contributed by atoms with van der Waals surface area (Å²) in [7, 11) is 0. The van der Waals surface area contributed by atoms with E-state index in [-0.39, 0.29) is 20.9 Å². The van der Waals surface area contributed by atoms with Gasteiger partial charge in [-0.1, -0.05) is 15.9 Å². The van der Waals surface area contributed by atoms with E-state index in [4.69, 9.17) is 0 Å². The maximum absolute atomic E-state index is 13.6. The molecule has 1 heterocycles. The minimum Gasteiger partial charge on any atom is -0.308 e. The van der Waals surface area contributed by atoms with Gasteiger partial charge in [-0.2, -0.15) is 0 Å². The Bertz CT molecular complexity index is 453. The lowest BCUT2D eigenvalue weighted by Crippen LogP contribution is -2.25. The van der Waals surface area contributed by atoms with E-state index in [0.717, 1.165) is 12.1 Å². The fraction of sp³-hybridized carbons (Fsp3) is 0.300. The zero-order valence-electron chi connectivity index (χ0n) is 8.01. The predicted molar refractivity (Wildman–Crippen MR) is 63.7 cm³/mol. The van der Waals surface area contributed by atoms with Gasteiger partial charge in [-0.25, -0.2) is 8.78 Å². The normalized spacial score (nSPS) is 20.6. The molecule has 6 heteroatoms. The molecule has 1 amide bonds. The second-order valence-electron chi connectivity index (χ2n) is 3.52. The highest BCUT2D eigenvalue weighted by Gasteiger charge is 2.30. The number of hydrogen-bond acceptors (Lipinski definition) is 1. The van der Waals surface area contributed by atoms with Crippen molar-refractivity contribution in [1.82, 2.24) is 0 Å². The first kappa shape index (κ1) is 12.0. The number of amides is 1. The van der Waals surface area contributed by atoms with E-state index in [1.165, 1.54) is 4.90 Å². The smallest absolute Gasteiger partial charge is 0.228 e. The van der Waals surface area contributed by atoms with Gasteiger partial charge in [-0.05, 0) is 22.0 Å². The third-order valence-corrected chi connectivity index (χ3v) is 3.58. The molecule has 0 bridgehead atoms. The summed E-state index contributed by atoms with van der Waals surface area (Å²) in [5.41, 5.74) is -0.00681. The molecule has 86 valence electrons. The van der Waals surface area contributed by atoms with Gasteiger partial charge in [0, 0.05) is 23.9 Å². The molecule has 0 saturated carbocycles. The summed E-state index contributed by atoms with van der Waals surface area (Å²) in [6.07, 6.45) is 0.303. The lowest BCUT2D eigenvalue weighted by molar-refractivity contribution is -0.117. The Kier molecular flexibility index (Phi) is 3.30. The third kappa shape index (κ3) is 2.13. The number of carbonyl (C=O) groups is 1. The summed E-state index contributed by atoms with van der Waals surface area (Å²) in [5, 5.41) is 0. The van der Waals surface area contributed by atoms with Crippen LogP contribution in [0.1, 0.15) is 6.42 Å². The summed E-state index contributed by atoms with van der Waals surface area (Å²) >= 11 is 6.17. The van der Waals surface area contributed by atoms with Crippen LogP contribution in [0.15, 0.2) is 16.6 Å². The first-order valence-electron chi connectivity index (χ1n) is 4.58. The van der Waals surface area contributed by atoms with Crippen LogP contribution < -0.4 is 4.90 Å². The largest absolute Gasteiger partial charge is 0.308 e. The van der Waals surface area contributed by atoms with Gasteiger partial charge in [0.1, 0.15) is 11.6 Å². The van der Waals surface area contributed by atoms with E-state index < -0.39 is 11.6 Å². The molecule has 0 spiro atoms. The Hall–Kier alpha value is -0.490. The van der Waals surface area contributed by atoms with Crippen molar-refractivity contribution in [3.8, 4) is 0 Å². The minimum atomic E-state index is -0.608. The van der Waals surface area contributed by atoms with E-state index in [1.807, 2.05) is 0 Å². The van der Waals surface area contributed by atoms with Crippen LogP contribution >= 0.6 is 31.9 Å². The third-order valence-electron chi connectivity index (χ3n) is 2.36. The maximum atomic E-state index is 13.6. The van der Waals surface area contributed by atoms with Gasteiger partial charge in [-0.15, -0.1) is 0 Å². The number of halogens is 4. The van der Waals surface area contributed by atoms with Crippen molar-refractivity contribution < 1.29 is 13.6 Å². The van der Waals surface area contributed by atoms with Gasteiger partial charge in [0.15, 0.2) is 0 Å². The van der Waals surface area contributed by atoms with Crippen molar-refractivity contribution in [3.63, 3.8) is 0 Å². The molecule has 0 radical (unpaired) electrons. The average Bonchev–Trinajstić information content (AvgIpc) is 2.51. The van der Waals surface area contributed by atoms with Crippen molar-refractivity contribution >= 4 is 43.5 Å². The van der Waals surface area contributed by atoms with E-state index in [0.29, 0.717) is 13.0 Å². The number of rotatable bonds is 1. The van der Waals surface area contributed by atoms with Crippen molar-refractivity contribution in [2.75, 3.05) is 11.4 Å². The molecule has 1 fully saturated rings. The molecule has 0 aliphatic carbocycles. The standard InChI is InChI=1S/C10H7Br2F2NO/c11-5-1-10(16)15(4-5)9-3-7(13)6(12)2-8(9)14/h2-3,5H,1,4H2. The van der Waals surface area contributed by atoms with Gasteiger partial charge < -0.3 is 4.90 Å². The summed E-state index contributed by atoms with van der Waals surface area (Å²) in [4.78, 5) is 12.8. The van der Waals surface area contributed by atoms with Crippen molar-refractivity contribution in [3.05, 3.63) is 28.2 Å². The minimum absolute atomic E-state index is 0.00681. The average molecular weight is 355 g/mol. The molecule has 1 aliphatic rings. The zero-order valence-corrected chi connectivity index (χ0v) is 11.2. The number of hydrogen-bond donors (Lipinski definition) is 0. The molecule has 1 atom stereocenters. The molecule has 2 nitrogen and oxygen atoms in total. The van der Waals surface area contributed by atoms with Crippen LogP contribution in [0.4, 0.5) is 14.5 Å². The Balaban J connectivity index is 2.41. The topological polar surface area (TPSA) is 20.3 Å². The van der Waals surface area contributed by atoms with Gasteiger partial charge in [0.2, 0.25) is 5.91 Å². The van der Waals surface area contributed by atoms with Gasteiger partial charge >= 0.3 is 0 Å². The second kappa shape index (κ2) is 4.41. The SMILES string of the molecule is O=C1CC(Br)CN1c1cc(F)c(Br)cc1F. The van der Waals surface area contributed by atoms with E-state index in [9.17, 15) is 13.6 Å². The molecule has 0 N–H and O–H groups in total. The molecule has 2 rings (SSSR count). The van der Waals surface area contributed by atoms with Crippen molar-refractivity contribution in [1.29, 1.82) is 0 Å². The van der Waals surface area contributed by atoms with Crippen molar-refractivity contribution in [2.45, 2.75) is 11.2 Å². The lowest BCUT2D eigenvalue weighted by atomic mass is 10.2. The Morgan fingerprint density at radius 2 is 2.00 bits per heavy atom. The highest BCUT2D eigenvalue weighted by atomic mass is 79.9. The fourth-order valence-electron chi connectivity index (χ4n) is 1.62. The van der Waals surface area contributed by atoms with Crippen molar-refractivity contribution in [2.24, 2.45) is 0 Å². The monoisotopic (exact) mass is 353 g/mol. The van der Waals surface area contributed by atoms with Crippen LogP contribution in [-0.2, 0) is 4.79 Å². The lowest BCUT2D eigenvalue weighted by Gasteiger charge is -2.17. The molecular formula is C10H7Br2F2NO. The highest BCUT2D eigenvalue weighted by Crippen LogP contribution is 2.30. The van der Waals surface area contributed by atoms with Crippen LogP contribution in [-0.4, -0.2) is 17.3 Å². The molecule has 1 aromatic carbocycles. The van der Waals surface area contributed by atoms with Gasteiger partial charge in [-0.3, -0.25) is 4.79 Å². The Morgan fingerprint density at radius 3 is 2.56 bits per heavy atom. The Labute approximate surface area is 108 Å². The first-order chi connectivity index (χ1) is 7.49. The summed E-state index contributed by atoms with van der Waals surface area (Å²) in [5.74, 6) is -1.40. The molecule has 1 aromatic rings. The second-order valence-corrected chi connectivity index (χ2v) is 5.67. The number of carbonyl (C=O) groups excluding carboxylic acids is 1. The molecule has 16 heavy (non-hydrogen) atoms. The molecule has 1 saturated heterocycles. The maximum Gasteiger partial charge on any atom is 0.228 e. The summed E-state index contributed by atoms with van der Waals surface area (Å²) in [6.45, 7) is 0.358. The fourth-order valence-corrected chi connectivity index (χ4v) is 2.50. The predicted octanol–water partition coefficient (Wildman–Crippen LogP) is 3.23. The quantitative estimate of drug-likeness (QED) is 0.560. The summed E-state index contributed by atoms with van der Waals surface area (Å²) in [6, 6.07) is 2.06.